The van der Waals surface area contributed by atoms with E-state index in [2.05, 4.69) is 4.98 Å². The van der Waals surface area contributed by atoms with E-state index in [1.54, 1.807) is 23.2 Å². The first-order valence-corrected chi connectivity index (χ1v) is 13.6. The van der Waals surface area contributed by atoms with Gasteiger partial charge in [0.1, 0.15) is 11.4 Å². The first-order valence-electron chi connectivity index (χ1n) is 12.1. The highest BCUT2D eigenvalue weighted by Crippen LogP contribution is 2.46. The molecule has 1 saturated carbocycles. The molecule has 4 rings (SSSR count). The second-order valence-electron chi connectivity index (χ2n) is 9.51. The molecule has 33 heavy (non-hydrogen) atoms. The number of nitrogens with two attached hydrogens (primary N) is 1. The Kier molecular flexibility index (Phi) is 7.69. The van der Waals surface area contributed by atoms with Gasteiger partial charge < -0.3 is 14.7 Å². The summed E-state index contributed by atoms with van der Waals surface area (Å²) >= 11 is 0. The molecule has 4 N–H and O–H groups in total. The number of nitrogens with zero attached hydrogens (tertiary/aromatic N) is 1. The average molecular weight is 475 g/mol. The van der Waals surface area contributed by atoms with Crippen molar-refractivity contribution in [2.75, 3.05) is 26.2 Å². The van der Waals surface area contributed by atoms with E-state index in [4.69, 9.17) is 9.88 Å². The molecule has 1 aromatic carbocycles. The Morgan fingerprint density at radius 3 is 2.30 bits per heavy atom. The van der Waals surface area contributed by atoms with Gasteiger partial charge in [-0.3, -0.25) is 4.98 Å². The SMILES string of the molecule is NS(=O)(=O)c1ccc(OCCC[NH+]2CCC([C@](O)(c3ccccn3)C3CCCC3)CC2)cc1. The summed E-state index contributed by atoms with van der Waals surface area (Å²) in [4.78, 5) is 6.22. The quantitative estimate of drug-likeness (QED) is 0.481. The highest BCUT2D eigenvalue weighted by atomic mass is 32.2. The fraction of sp³-hybridized carbons (Fsp3) is 0.560. The summed E-state index contributed by atoms with van der Waals surface area (Å²) in [5.74, 6) is 1.22. The van der Waals surface area contributed by atoms with E-state index in [1.165, 1.54) is 25.0 Å². The van der Waals surface area contributed by atoms with Crippen LogP contribution in [-0.4, -0.2) is 44.7 Å². The Balaban J connectivity index is 1.26. The number of hydrogen-bond acceptors (Lipinski definition) is 5. The third-order valence-corrected chi connectivity index (χ3v) is 8.39. The molecule has 1 saturated heterocycles. The van der Waals surface area contributed by atoms with Crippen molar-refractivity contribution in [2.45, 2.75) is 55.4 Å². The number of piperidine rings is 1. The first-order chi connectivity index (χ1) is 15.9. The van der Waals surface area contributed by atoms with Gasteiger partial charge in [-0.2, -0.15) is 0 Å². The van der Waals surface area contributed by atoms with Crippen LogP contribution in [0, 0.1) is 11.8 Å². The third kappa shape index (κ3) is 5.74. The maximum absolute atomic E-state index is 12.0. The Morgan fingerprint density at radius 2 is 1.70 bits per heavy atom. The summed E-state index contributed by atoms with van der Waals surface area (Å²) in [6.07, 6.45) is 9.33. The van der Waals surface area contributed by atoms with Crippen molar-refractivity contribution in [3.05, 3.63) is 54.4 Å². The molecular formula is C25H36N3O4S+. The van der Waals surface area contributed by atoms with Gasteiger partial charge in [0.15, 0.2) is 0 Å². The van der Waals surface area contributed by atoms with Gasteiger partial charge in [0.2, 0.25) is 10.0 Å². The van der Waals surface area contributed by atoms with Crippen LogP contribution < -0.4 is 14.8 Å². The fourth-order valence-electron chi connectivity index (χ4n) is 5.67. The van der Waals surface area contributed by atoms with Crippen LogP contribution in [0.1, 0.15) is 50.6 Å². The van der Waals surface area contributed by atoms with Crippen molar-refractivity contribution in [2.24, 2.45) is 17.0 Å². The van der Waals surface area contributed by atoms with Crippen LogP contribution >= 0.6 is 0 Å². The molecule has 2 heterocycles. The normalized spacial score (nSPS) is 23.8. The number of pyridine rings is 1. The van der Waals surface area contributed by atoms with E-state index in [1.807, 2.05) is 18.2 Å². The van der Waals surface area contributed by atoms with Crippen LogP contribution in [0.2, 0.25) is 0 Å². The maximum atomic E-state index is 12.0. The minimum Gasteiger partial charge on any atom is -0.493 e. The summed E-state index contributed by atoms with van der Waals surface area (Å²) in [7, 11) is -3.68. The average Bonchev–Trinajstić information content (AvgIpc) is 3.38. The second kappa shape index (κ2) is 10.5. The predicted octanol–water partition coefficient (Wildman–Crippen LogP) is 1.87. The van der Waals surface area contributed by atoms with Crippen LogP contribution in [0.5, 0.6) is 5.75 Å². The lowest BCUT2D eigenvalue weighted by molar-refractivity contribution is -0.906. The van der Waals surface area contributed by atoms with Crippen LogP contribution in [0.15, 0.2) is 53.6 Å². The topological polar surface area (TPSA) is 107 Å². The van der Waals surface area contributed by atoms with Crippen molar-refractivity contribution < 1.29 is 23.2 Å². The number of likely N-dealkylation sites (tertiary alicyclic amines) is 1. The van der Waals surface area contributed by atoms with Gasteiger partial charge in [-0.05, 0) is 55.2 Å². The second-order valence-corrected chi connectivity index (χ2v) is 11.1. The number of aliphatic hydroxyl groups is 1. The summed E-state index contributed by atoms with van der Waals surface area (Å²) in [5, 5.41) is 17.1. The Bertz CT molecular complexity index is 986. The summed E-state index contributed by atoms with van der Waals surface area (Å²) < 4.78 is 28.4. The smallest absolute Gasteiger partial charge is 0.238 e. The van der Waals surface area contributed by atoms with E-state index in [0.29, 0.717) is 18.3 Å². The molecular weight excluding hydrogens is 438 g/mol. The van der Waals surface area contributed by atoms with E-state index in [-0.39, 0.29) is 10.8 Å². The van der Waals surface area contributed by atoms with Crippen molar-refractivity contribution in [1.82, 2.24) is 4.98 Å². The maximum Gasteiger partial charge on any atom is 0.238 e. The molecule has 2 aromatic rings. The summed E-state index contributed by atoms with van der Waals surface area (Å²) in [6.45, 7) is 3.71. The molecule has 1 aliphatic heterocycles. The van der Waals surface area contributed by atoms with E-state index < -0.39 is 15.6 Å². The number of hydrogen-bond donors (Lipinski definition) is 3. The zero-order valence-corrected chi connectivity index (χ0v) is 20.0. The lowest BCUT2D eigenvalue weighted by Crippen LogP contribution is -3.13. The van der Waals surface area contributed by atoms with Crippen LogP contribution in [0.4, 0.5) is 0 Å². The molecule has 0 unspecified atom stereocenters. The molecule has 1 atom stereocenters. The largest absolute Gasteiger partial charge is 0.493 e. The van der Waals surface area contributed by atoms with Crippen molar-refractivity contribution in [3.63, 3.8) is 0 Å². The Morgan fingerprint density at radius 1 is 1.03 bits per heavy atom. The van der Waals surface area contributed by atoms with Gasteiger partial charge in [0, 0.05) is 31.4 Å². The Hall–Kier alpha value is -2.00. The lowest BCUT2D eigenvalue weighted by Gasteiger charge is -2.43. The molecule has 8 heteroatoms. The molecule has 0 spiro atoms. The van der Waals surface area contributed by atoms with E-state index >= 15 is 0 Å². The standard InChI is InChI=1S/C25H35N3O4S/c26-33(30,31)23-11-9-22(10-12-23)32-19-5-16-28-17-13-21(14-18-28)25(29,20-6-1-2-7-20)24-8-3-4-15-27-24/h3-4,8-12,15,20-21,29H,1-2,5-7,13-14,16-19H2,(H2,26,30,31)/p+1/t25-/m0/s1. The molecule has 0 amide bonds. The summed E-state index contributed by atoms with van der Waals surface area (Å²) in [6, 6.07) is 12.1. The number of rotatable bonds is 9. The molecule has 2 aliphatic rings. The highest BCUT2D eigenvalue weighted by Gasteiger charge is 2.48. The number of sulfonamides is 1. The minimum atomic E-state index is -3.68. The zero-order valence-electron chi connectivity index (χ0n) is 19.2. The van der Waals surface area contributed by atoms with Crippen LogP contribution in [-0.2, 0) is 15.6 Å². The highest BCUT2D eigenvalue weighted by molar-refractivity contribution is 7.89. The number of ether oxygens (including phenoxy) is 1. The van der Waals surface area contributed by atoms with Crippen LogP contribution in [0.25, 0.3) is 0 Å². The number of aromatic nitrogens is 1. The van der Waals surface area contributed by atoms with Gasteiger partial charge >= 0.3 is 0 Å². The predicted molar refractivity (Wildman–Crippen MR) is 126 cm³/mol. The number of nitrogens with one attached hydrogen (secondary N) is 1. The molecule has 7 nitrogen and oxygen atoms in total. The minimum absolute atomic E-state index is 0.0884. The van der Waals surface area contributed by atoms with Gasteiger partial charge in [-0.15, -0.1) is 0 Å². The van der Waals surface area contributed by atoms with Gasteiger partial charge in [0.25, 0.3) is 0 Å². The third-order valence-electron chi connectivity index (χ3n) is 7.46. The molecule has 0 bridgehead atoms. The van der Waals surface area contributed by atoms with Crippen molar-refractivity contribution in [1.29, 1.82) is 0 Å². The molecule has 0 radical (unpaired) electrons. The van der Waals surface area contributed by atoms with Crippen molar-refractivity contribution >= 4 is 10.0 Å². The lowest BCUT2D eigenvalue weighted by atomic mass is 9.70. The monoisotopic (exact) mass is 474 g/mol. The molecule has 1 aromatic heterocycles. The number of primary sulfonamides is 1. The zero-order chi connectivity index (χ0) is 23.3. The Labute approximate surface area is 197 Å². The van der Waals surface area contributed by atoms with E-state index in [0.717, 1.165) is 57.4 Å². The summed E-state index contributed by atoms with van der Waals surface area (Å²) in [5.41, 5.74) is 0.0439. The molecule has 1 aliphatic carbocycles. The molecule has 2 fully saturated rings. The van der Waals surface area contributed by atoms with Gasteiger partial charge in [0.05, 0.1) is 36.8 Å². The van der Waals surface area contributed by atoms with Gasteiger partial charge in [-0.25, -0.2) is 13.6 Å². The van der Waals surface area contributed by atoms with Gasteiger partial charge in [-0.1, -0.05) is 18.9 Å². The van der Waals surface area contributed by atoms with E-state index in [9.17, 15) is 13.5 Å². The number of quaternary nitrogens is 1. The van der Waals surface area contributed by atoms with Crippen LogP contribution in [0.3, 0.4) is 0 Å². The fourth-order valence-corrected chi connectivity index (χ4v) is 6.19. The number of benzene rings is 1. The molecule has 180 valence electrons. The first kappa shape index (κ1) is 24.1. The van der Waals surface area contributed by atoms with Crippen molar-refractivity contribution in [3.8, 4) is 5.75 Å².